The molecule has 1 N–H and O–H groups in total. The lowest BCUT2D eigenvalue weighted by molar-refractivity contribution is -0.125. The van der Waals surface area contributed by atoms with E-state index in [2.05, 4.69) is 39.6 Å². The van der Waals surface area contributed by atoms with Crippen LogP contribution in [0.25, 0.3) is 0 Å². The number of aromatic nitrogens is 3. The summed E-state index contributed by atoms with van der Waals surface area (Å²) in [6.45, 7) is 2.87. The molecule has 1 atom stereocenters. The van der Waals surface area contributed by atoms with Gasteiger partial charge in [0.2, 0.25) is 5.91 Å². The van der Waals surface area contributed by atoms with Gasteiger partial charge in [-0.25, -0.2) is 9.48 Å². The number of anilines is 1. The standard InChI is InChI=1S/C18H23N5O2/c1-21-18(25)23-12-14(6-7-16(23)20-21)17(24)19-9-11-22-10-8-13-4-2-3-5-15(13)22/h2-5,14H,6-12H2,1H3,(H,19,24). The van der Waals surface area contributed by atoms with Crippen molar-refractivity contribution in [2.45, 2.75) is 25.8 Å². The molecule has 2 aliphatic heterocycles. The minimum absolute atomic E-state index is 0.0360. The maximum absolute atomic E-state index is 12.5. The zero-order chi connectivity index (χ0) is 17.4. The molecule has 0 saturated carbocycles. The normalized spacial score (nSPS) is 18.8. The Balaban J connectivity index is 1.32. The first kappa shape index (κ1) is 15.9. The highest BCUT2D eigenvalue weighted by Gasteiger charge is 2.27. The number of benzene rings is 1. The van der Waals surface area contributed by atoms with E-state index in [1.165, 1.54) is 15.9 Å². The van der Waals surface area contributed by atoms with Crippen LogP contribution in [0.15, 0.2) is 29.1 Å². The number of nitrogens with one attached hydrogen (secondary N) is 1. The Morgan fingerprint density at radius 3 is 3.04 bits per heavy atom. The van der Waals surface area contributed by atoms with Gasteiger partial charge in [0.15, 0.2) is 0 Å². The van der Waals surface area contributed by atoms with Gasteiger partial charge >= 0.3 is 5.69 Å². The lowest BCUT2D eigenvalue weighted by Crippen LogP contribution is -2.41. The number of carbonyl (C=O) groups excluding carboxylic acids is 1. The lowest BCUT2D eigenvalue weighted by Gasteiger charge is -2.23. The molecule has 1 unspecified atom stereocenters. The zero-order valence-corrected chi connectivity index (χ0v) is 14.4. The fraction of sp³-hybridized carbons (Fsp3) is 0.500. The van der Waals surface area contributed by atoms with Gasteiger partial charge < -0.3 is 10.2 Å². The maximum Gasteiger partial charge on any atom is 0.345 e. The van der Waals surface area contributed by atoms with Crippen LogP contribution in [-0.2, 0) is 31.2 Å². The summed E-state index contributed by atoms with van der Waals surface area (Å²) in [5, 5.41) is 7.25. The van der Waals surface area contributed by atoms with Crippen LogP contribution in [-0.4, -0.2) is 39.9 Å². The van der Waals surface area contributed by atoms with Crippen LogP contribution >= 0.6 is 0 Å². The largest absolute Gasteiger partial charge is 0.369 e. The Hall–Kier alpha value is -2.57. The maximum atomic E-state index is 12.5. The summed E-state index contributed by atoms with van der Waals surface area (Å²) < 4.78 is 2.98. The van der Waals surface area contributed by atoms with E-state index < -0.39 is 0 Å². The van der Waals surface area contributed by atoms with Crippen molar-refractivity contribution in [2.75, 3.05) is 24.5 Å². The van der Waals surface area contributed by atoms with Crippen molar-refractivity contribution >= 4 is 11.6 Å². The van der Waals surface area contributed by atoms with Crippen LogP contribution in [0.2, 0.25) is 0 Å². The summed E-state index contributed by atoms with van der Waals surface area (Å²) in [6.07, 6.45) is 2.49. The van der Waals surface area contributed by atoms with E-state index in [0.717, 1.165) is 31.8 Å². The molecule has 1 aromatic carbocycles. The molecule has 0 spiro atoms. The molecule has 25 heavy (non-hydrogen) atoms. The Kier molecular flexibility index (Phi) is 4.07. The van der Waals surface area contributed by atoms with E-state index in [1.807, 2.05) is 0 Å². The summed E-state index contributed by atoms with van der Waals surface area (Å²) in [6, 6.07) is 8.43. The van der Waals surface area contributed by atoms with Gasteiger partial charge in [-0.3, -0.25) is 9.36 Å². The third-order valence-corrected chi connectivity index (χ3v) is 5.24. The molecule has 2 aromatic rings. The average molecular weight is 341 g/mol. The van der Waals surface area contributed by atoms with E-state index in [4.69, 9.17) is 0 Å². The summed E-state index contributed by atoms with van der Waals surface area (Å²) in [5.74, 6) is 0.666. The van der Waals surface area contributed by atoms with Gasteiger partial charge in [0.05, 0.1) is 5.92 Å². The highest BCUT2D eigenvalue weighted by atomic mass is 16.2. The molecule has 0 radical (unpaired) electrons. The predicted octanol–water partition coefficient (Wildman–Crippen LogP) is 0.323. The summed E-state index contributed by atoms with van der Waals surface area (Å²) in [5.41, 5.74) is 2.52. The molecule has 3 heterocycles. The third kappa shape index (κ3) is 2.94. The number of para-hydroxylation sites is 1. The van der Waals surface area contributed by atoms with Crippen molar-refractivity contribution in [2.24, 2.45) is 13.0 Å². The van der Waals surface area contributed by atoms with Gasteiger partial charge in [0.1, 0.15) is 5.82 Å². The van der Waals surface area contributed by atoms with Gasteiger partial charge in [-0.1, -0.05) is 18.2 Å². The van der Waals surface area contributed by atoms with Crippen molar-refractivity contribution in [1.82, 2.24) is 19.7 Å². The second-order valence-corrected chi connectivity index (χ2v) is 6.83. The van der Waals surface area contributed by atoms with Crippen LogP contribution in [0.1, 0.15) is 17.8 Å². The van der Waals surface area contributed by atoms with Crippen molar-refractivity contribution in [1.29, 1.82) is 0 Å². The molecule has 7 nitrogen and oxygen atoms in total. The monoisotopic (exact) mass is 341 g/mol. The lowest BCUT2D eigenvalue weighted by atomic mass is 9.98. The minimum atomic E-state index is -0.153. The highest BCUT2D eigenvalue weighted by molar-refractivity contribution is 5.78. The molecular formula is C18H23N5O2. The highest BCUT2D eigenvalue weighted by Crippen LogP contribution is 2.26. The number of carbonyl (C=O) groups is 1. The first-order valence-corrected chi connectivity index (χ1v) is 8.87. The second-order valence-electron chi connectivity index (χ2n) is 6.83. The van der Waals surface area contributed by atoms with Crippen molar-refractivity contribution in [3.05, 3.63) is 46.1 Å². The van der Waals surface area contributed by atoms with Crippen molar-refractivity contribution in [3.63, 3.8) is 0 Å². The average Bonchev–Trinajstić information content (AvgIpc) is 3.16. The van der Waals surface area contributed by atoms with Crippen molar-refractivity contribution < 1.29 is 4.79 Å². The van der Waals surface area contributed by atoms with E-state index >= 15 is 0 Å². The first-order chi connectivity index (χ1) is 12.1. The number of amides is 1. The predicted molar refractivity (Wildman–Crippen MR) is 94.6 cm³/mol. The van der Waals surface area contributed by atoms with Crippen LogP contribution in [0, 0.1) is 5.92 Å². The van der Waals surface area contributed by atoms with E-state index in [9.17, 15) is 9.59 Å². The summed E-state index contributed by atoms with van der Waals surface area (Å²) in [4.78, 5) is 26.8. The van der Waals surface area contributed by atoms with Gasteiger partial charge in [-0.2, -0.15) is 5.10 Å². The Morgan fingerprint density at radius 2 is 2.16 bits per heavy atom. The van der Waals surface area contributed by atoms with E-state index in [1.54, 1.807) is 11.6 Å². The third-order valence-electron chi connectivity index (χ3n) is 5.24. The van der Waals surface area contributed by atoms with Gasteiger partial charge in [0, 0.05) is 45.3 Å². The topological polar surface area (TPSA) is 72.2 Å². The number of hydrogen-bond acceptors (Lipinski definition) is 4. The smallest absolute Gasteiger partial charge is 0.345 e. The number of nitrogens with zero attached hydrogens (tertiary/aromatic N) is 4. The molecule has 4 rings (SSSR count). The fourth-order valence-corrected chi connectivity index (χ4v) is 3.85. The SMILES string of the molecule is Cn1nc2n(c1=O)CC(C(=O)NCCN1CCc3ccccc31)CC2. The summed E-state index contributed by atoms with van der Waals surface area (Å²) >= 11 is 0. The van der Waals surface area contributed by atoms with E-state index in [-0.39, 0.29) is 17.5 Å². The summed E-state index contributed by atoms with van der Waals surface area (Å²) in [7, 11) is 1.65. The Bertz CT molecular complexity index is 853. The fourth-order valence-electron chi connectivity index (χ4n) is 3.85. The number of hydrogen-bond donors (Lipinski definition) is 1. The van der Waals surface area contributed by atoms with Crippen LogP contribution < -0.4 is 15.9 Å². The molecule has 2 aliphatic rings. The minimum Gasteiger partial charge on any atom is -0.369 e. The molecular weight excluding hydrogens is 318 g/mol. The second kappa shape index (κ2) is 6.38. The molecule has 7 heteroatoms. The van der Waals surface area contributed by atoms with Crippen LogP contribution in [0.4, 0.5) is 5.69 Å². The molecule has 0 bridgehead atoms. The molecule has 1 amide bonds. The first-order valence-electron chi connectivity index (χ1n) is 8.87. The van der Waals surface area contributed by atoms with Gasteiger partial charge in [-0.15, -0.1) is 0 Å². The Labute approximate surface area is 146 Å². The number of rotatable bonds is 4. The van der Waals surface area contributed by atoms with Crippen LogP contribution in [0.3, 0.4) is 0 Å². The zero-order valence-electron chi connectivity index (χ0n) is 14.4. The van der Waals surface area contributed by atoms with Crippen molar-refractivity contribution in [3.8, 4) is 0 Å². The molecule has 0 saturated heterocycles. The molecule has 0 fully saturated rings. The number of aryl methyl sites for hydroxylation is 2. The molecule has 0 aliphatic carbocycles. The number of fused-ring (bicyclic) bond motifs is 2. The molecule has 132 valence electrons. The quantitative estimate of drug-likeness (QED) is 0.870. The Morgan fingerprint density at radius 1 is 1.32 bits per heavy atom. The van der Waals surface area contributed by atoms with E-state index in [0.29, 0.717) is 19.5 Å². The van der Waals surface area contributed by atoms with Crippen LogP contribution in [0.5, 0.6) is 0 Å². The van der Waals surface area contributed by atoms with Gasteiger partial charge in [-0.05, 0) is 24.5 Å². The molecule has 1 aromatic heterocycles. The van der Waals surface area contributed by atoms with Gasteiger partial charge in [0.25, 0.3) is 0 Å².